The van der Waals surface area contributed by atoms with Gasteiger partial charge in [0.05, 0.1) is 20.8 Å². The lowest BCUT2D eigenvalue weighted by atomic mass is 10.2. The lowest BCUT2D eigenvalue weighted by Gasteiger charge is -2.04. The van der Waals surface area contributed by atoms with E-state index in [1.165, 1.54) is 17.4 Å². The Hall–Kier alpha value is -1.14. The molecule has 92 valence electrons. The first-order valence-electron chi connectivity index (χ1n) is 5.17. The molecule has 0 saturated carbocycles. The molecule has 6 heteroatoms. The van der Waals surface area contributed by atoms with E-state index in [9.17, 15) is 13.2 Å². The molecule has 0 radical (unpaired) electrons. The smallest absolute Gasteiger partial charge is 0.330 e. The van der Waals surface area contributed by atoms with Crippen LogP contribution in [0.2, 0.25) is 0 Å². The molecule has 1 heterocycles. The first-order chi connectivity index (χ1) is 8.00. The number of benzene rings is 1. The monoisotopic (exact) mass is 260 g/mol. The number of alkyl halides is 3. The molecule has 0 aliphatic heterocycles. The number of rotatable bonds is 3. The first-order valence-corrected chi connectivity index (χ1v) is 5.99. The second kappa shape index (κ2) is 4.62. The van der Waals surface area contributed by atoms with Crippen LogP contribution >= 0.6 is 11.3 Å². The summed E-state index contributed by atoms with van der Waals surface area (Å²) in [6.07, 6.45) is -2.78. The average molecular weight is 260 g/mol. The van der Waals surface area contributed by atoms with Gasteiger partial charge in [0.1, 0.15) is 0 Å². The molecular weight excluding hydrogens is 249 g/mol. The van der Waals surface area contributed by atoms with Gasteiger partial charge in [0.15, 0.2) is 0 Å². The van der Waals surface area contributed by atoms with Gasteiger partial charge < -0.3 is 5.73 Å². The highest BCUT2D eigenvalue weighted by Gasteiger charge is 2.30. The first kappa shape index (κ1) is 12.3. The number of fused-ring (bicyclic) bond motifs is 1. The van der Waals surface area contributed by atoms with E-state index in [2.05, 4.69) is 4.98 Å². The number of nitrogens with zero attached hydrogens (tertiary/aromatic N) is 1. The molecule has 0 amide bonds. The minimum atomic E-state index is -4.30. The lowest BCUT2D eigenvalue weighted by Crippen LogP contribution is -2.03. The summed E-state index contributed by atoms with van der Waals surface area (Å²) in [7, 11) is 0. The van der Waals surface area contributed by atoms with Crippen molar-refractivity contribution in [2.45, 2.75) is 19.0 Å². The Balaban J connectivity index is 2.34. The number of halogens is 3. The average Bonchev–Trinajstić information content (AvgIpc) is 2.66. The van der Waals surface area contributed by atoms with Crippen molar-refractivity contribution in [1.29, 1.82) is 0 Å². The van der Waals surface area contributed by atoms with Crippen molar-refractivity contribution in [3.8, 4) is 0 Å². The van der Waals surface area contributed by atoms with Crippen LogP contribution < -0.4 is 5.73 Å². The van der Waals surface area contributed by atoms with E-state index in [-0.39, 0.29) is 0 Å². The highest BCUT2D eigenvalue weighted by molar-refractivity contribution is 7.18. The van der Waals surface area contributed by atoms with Gasteiger partial charge in [-0.1, -0.05) is 0 Å². The Bertz CT molecular complexity index is 519. The molecule has 0 saturated heterocycles. The number of hydrogen-bond donors (Lipinski definition) is 1. The predicted molar refractivity (Wildman–Crippen MR) is 62.0 cm³/mol. The van der Waals surface area contributed by atoms with Crippen LogP contribution in [0.3, 0.4) is 0 Å². The molecule has 2 N–H and O–H groups in total. The Morgan fingerprint density at radius 2 is 2.06 bits per heavy atom. The maximum absolute atomic E-state index is 12.5. The number of aromatic nitrogens is 1. The molecule has 0 atom stereocenters. The van der Waals surface area contributed by atoms with Gasteiger partial charge in [0.25, 0.3) is 0 Å². The minimum absolute atomic E-state index is 0.559. The Labute approximate surface area is 100 Å². The summed E-state index contributed by atoms with van der Waals surface area (Å²) < 4.78 is 38.1. The van der Waals surface area contributed by atoms with Crippen molar-refractivity contribution >= 4 is 21.6 Å². The second-order valence-corrected chi connectivity index (χ2v) is 4.80. The zero-order valence-corrected chi connectivity index (χ0v) is 9.74. The molecule has 2 rings (SSSR count). The number of hydrogen-bond acceptors (Lipinski definition) is 3. The molecule has 1 aromatic heterocycles. The normalized spacial score (nSPS) is 12.2. The molecule has 0 aliphatic carbocycles. The fourth-order valence-corrected chi connectivity index (χ4v) is 2.56. The van der Waals surface area contributed by atoms with E-state index in [4.69, 9.17) is 5.73 Å². The van der Waals surface area contributed by atoms with Gasteiger partial charge in [0.2, 0.25) is 0 Å². The van der Waals surface area contributed by atoms with Crippen LogP contribution in [0.1, 0.15) is 17.0 Å². The van der Waals surface area contributed by atoms with E-state index in [0.29, 0.717) is 16.8 Å². The number of aryl methyl sites for hydroxylation is 1. The zero-order chi connectivity index (χ0) is 12.5. The molecule has 2 nitrogen and oxygen atoms in total. The Kier molecular flexibility index (Phi) is 3.35. The summed E-state index contributed by atoms with van der Waals surface area (Å²) in [5, 5.41) is 0.838. The molecule has 2 aromatic rings. The third kappa shape index (κ3) is 2.76. The van der Waals surface area contributed by atoms with E-state index in [1.807, 2.05) is 0 Å². The quantitative estimate of drug-likeness (QED) is 0.920. The lowest BCUT2D eigenvalue weighted by molar-refractivity contribution is -0.137. The molecule has 17 heavy (non-hydrogen) atoms. The summed E-state index contributed by atoms with van der Waals surface area (Å²) >= 11 is 1.30. The molecule has 0 unspecified atom stereocenters. The van der Waals surface area contributed by atoms with E-state index in [0.717, 1.165) is 30.0 Å². The summed E-state index contributed by atoms with van der Waals surface area (Å²) in [6, 6.07) is 3.63. The highest BCUT2D eigenvalue weighted by Crippen LogP contribution is 2.33. The van der Waals surface area contributed by atoms with Crippen LogP contribution in [0, 0.1) is 0 Å². The summed E-state index contributed by atoms with van der Waals surface area (Å²) in [6.45, 7) is 0.559. The fourth-order valence-electron chi connectivity index (χ4n) is 1.51. The standard InChI is InChI=1S/C11H11F3N2S/c12-11(13,14)7-3-4-8-9(6-7)17-10(16-8)2-1-5-15/h3-4,6H,1-2,5,15H2. The van der Waals surface area contributed by atoms with E-state index >= 15 is 0 Å². The summed E-state index contributed by atoms with van der Waals surface area (Å²) in [5.74, 6) is 0. The SMILES string of the molecule is NCCCc1nc2ccc(C(F)(F)F)cc2s1. The van der Waals surface area contributed by atoms with Crippen molar-refractivity contribution in [2.24, 2.45) is 5.73 Å². The van der Waals surface area contributed by atoms with Gasteiger partial charge in [-0.15, -0.1) is 11.3 Å². The number of thiazole rings is 1. The van der Waals surface area contributed by atoms with Crippen LogP contribution in [-0.2, 0) is 12.6 Å². The highest BCUT2D eigenvalue weighted by atomic mass is 32.1. The molecule has 1 aromatic carbocycles. The van der Waals surface area contributed by atoms with Crippen LogP contribution in [0.25, 0.3) is 10.2 Å². The zero-order valence-electron chi connectivity index (χ0n) is 8.92. The predicted octanol–water partition coefficient (Wildman–Crippen LogP) is 3.21. The van der Waals surface area contributed by atoms with Gasteiger partial charge in [-0.05, 0) is 31.2 Å². The van der Waals surface area contributed by atoms with E-state index in [1.54, 1.807) is 0 Å². The van der Waals surface area contributed by atoms with Crippen molar-refractivity contribution in [2.75, 3.05) is 6.54 Å². The van der Waals surface area contributed by atoms with Crippen LogP contribution in [0.15, 0.2) is 18.2 Å². The molecule has 0 spiro atoms. The molecule has 0 aliphatic rings. The maximum atomic E-state index is 12.5. The van der Waals surface area contributed by atoms with Crippen molar-refractivity contribution in [1.82, 2.24) is 4.98 Å². The molecule has 0 bridgehead atoms. The fraction of sp³-hybridized carbons (Fsp3) is 0.364. The van der Waals surface area contributed by atoms with Gasteiger partial charge in [0, 0.05) is 6.42 Å². The van der Waals surface area contributed by atoms with Gasteiger partial charge in [-0.2, -0.15) is 13.2 Å². The Morgan fingerprint density at radius 3 is 2.71 bits per heavy atom. The minimum Gasteiger partial charge on any atom is -0.330 e. The largest absolute Gasteiger partial charge is 0.416 e. The second-order valence-electron chi connectivity index (χ2n) is 3.68. The van der Waals surface area contributed by atoms with Crippen LogP contribution in [0.4, 0.5) is 13.2 Å². The van der Waals surface area contributed by atoms with Crippen molar-refractivity contribution < 1.29 is 13.2 Å². The van der Waals surface area contributed by atoms with Gasteiger partial charge in [-0.25, -0.2) is 4.98 Å². The maximum Gasteiger partial charge on any atom is 0.416 e. The van der Waals surface area contributed by atoms with Crippen molar-refractivity contribution in [3.05, 3.63) is 28.8 Å². The molecular formula is C11H11F3N2S. The Morgan fingerprint density at radius 1 is 1.29 bits per heavy atom. The third-order valence-electron chi connectivity index (χ3n) is 2.35. The number of nitrogens with two attached hydrogens (primary N) is 1. The van der Waals surface area contributed by atoms with Crippen LogP contribution in [-0.4, -0.2) is 11.5 Å². The third-order valence-corrected chi connectivity index (χ3v) is 3.43. The topological polar surface area (TPSA) is 38.9 Å². The molecule has 0 fully saturated rings. The van der Waals surface area contributed by atoms with Crippen molar-refractivity contribution in [3.63, 3.8) is 0 Å². The summed E-state index contributed by atoms with van der Waals surface area (Å²) in [5.41, 5.74) is 5.37. The van der Waals surface area contributed by atoms with Gasteiger partial charge in [-0.3, -0.25) is 0 Å². The van der Waals surface area contributed by atoms with Gasteiger partial charge >= 0.3 is 6.18 Å². The van der Waals surface area contributed by atoms with Crippen LogP contribution in [0.5, 0.6) is 0 Å². The van der Waals surface area contributed by atoms with E-state index < -0.39 is 11.7 Å². The summed E-state index contributed by atoms with van der Waals surface area (Å²) in [4.78, 5) is 4.27.